The Kier molecular flexibility index (Phi) is 6.38. The van der Waals surface area contributed by atoms with Crippen molar-refractivity contribution in [1.82, 2.24) is 5.32 Å². The van der Waals surface area contributed by atoms with Crippen molar-refractivity contribution in [2.45, 2.75) is 77.5 Å². The van der Waals surface area contributed by atoms with E-state index in [1.54, 1.807) is 24.3 Å². The lowest BCUT2D eigenvalue weighted by Gasteiger charge is -2.36. The average Bonchev–Trinajstić information content (AvgIpc) is 2.55. The third kappa shape index (κ3) is 7.18. The molecular formula is C20H35NO2Si. The minimum atomic E-state index is -2.21. The summed E-state index contributed by atoms with van der Waals surface area (Å²) < 4.78 is 29.3. The molecule has 1 N–H and O–H groups in total. The molecule has 0 spiro atoms. The summed E-state index contributed by atoms with van der Waals surface area (Å²) in [6.07, 6.45) is 2.99. The maximum atomic E-state index is 12.3. The van der Waals surface area contributed by atoms with Gasteiger partial charge in [-0.3, -0.25) is 4.79 Å². The van der Waals surface area contributed by atoms with Gasteiger partial charge in [-0.25, -0.2) is 0 Å². The van der Waals surface area contributed by atoms with Crippen LogP contribution in [0.3, 0.4) is 0 Å². The quantitative estimate of drug-likeness (QED) is 0.478. The van der Waals surface area contributed by atoms with Crippen LogP contribution in [0.4, 0.5) is 0 Å². The highest BCUT2D eigenvalue weighted by atomic mass is 28.4. The predicted octanol–water partition coefficient (Wildman–Crippen LogP) is 5.39. The standard InChI is InChI=1S/C20H35NO2Si/c1-17(21-19(22)18-14-10-7-11-15-18)13-9-8-12-16-23-24(5,6)20(2,3)4/h7,10-11,14-15,17H,8-9,12-13,16H2,1-6H3,(H,21,22)/t17-/m1/s1/i1D3. The molecule has 1 aromatic carbocycles. The summed E-state index contributed by atoms with van der Waals surface area (Å²) in [7, 11) is -1.72. The monoisotopic (exact) mass is 352 g/mol. The third-order valence-electron chi connectivity index (χ3n) is 4.75. The van der Waals surface area contributed by atoms with E-state index < -0.39 is 21.2 Å². The predicted molar refractivity (Wildman–Crippen MR) is 105 cm³/mol. The zero-order chi connectivity index (χ0) is 20.7. The van der Waals surface area contributed by atoms with E-state index in [-0.39, 0.29) is 10.9 Å². The fourth-order valence-electron chi connectivity index (χ4n) is 2.07. The average molecular weight is 353 g/mol. The van der Waals surface area contributed by atoms with Gasteiger partial charge in [-0.2, -0.15) is 0 Å². The number of amides is 1. The minimum absolute atomic E-state index is 0.196. The van der Waals surface area contributed by atoms with Gasteiger partial charge in [-0.05, 0) is 50.0 Å². The van der Waals surface area contributed by atoms with E-state index in [0.717, 1.165) is 19.3 Å². The third-order valence-corrected chi connectivity index (χ3v) is 9.29. The van der Waals surface area contributed by atoms with Gasteiger partial charge >= 0.3 is 0 Å². The SMILES string of the molecule is [2H]C([2H])([2H])[C@H](CCCCCO[Si](C)(C)C(C)(C)C)NC(=O)c1ccccc1. The number of hydrogen-bond donors (Lipinski definition) is 1. The molecule has 0 aliphatic rings. The van der Waals surface area contributed by atoms with Crippen LogP contribution in [0, 0.1) is 0 Å². The molecular weight excluding hydrogens is 314 g/mol. The number of benzene rings is 1. The lowest BCUT2D eigenvalue weighted by atomic mass is 10.1. The summed E-state index contributed by atoms with van der Waals surface area (Å²) in [5, 5.41) is 2.88. The number of carbonyl (C=O) groups is 1. The number of carbonyl (C=O) groups excluding carboxylic acids is 1. The molecule has 0 fully saturated rings. The van der Waals surface area contributed by atoms with Crippen LogP contribution < -0.4 is 5.32 Å². The molecule has 24 heavy (non-hydrogen) atoms. The number of hydrogen-bond acceptors (Lipinski definition) is 2. The van der Waals surface area contributed by atoms with Gasteiger partial charge in [0.2, 0.25) is 0 Å². The van der Waals surface area contributed by atoms with E-state index in [0.29, 0.717) is 18.6 Å². The van der Waals surface area contributed by atoms with Gasteiger partial charge in [0.25, 0.3) is 5.91 Å². The Bertz CT molecular complexity index is 583. The van der Waals surface area contributed by atoms with E-state index in [1.165, 1.54) is 0 Å². The van der Waals surface area contributed by atoms with Gasteiger partial charge in [-0.1, -0.05) is 51.8 Å². The zero-order valence-electron chi connectivity index (χ0n) is 18.8. The first-order chi connectivity index (χ1) is 12.3. The highest BCUT2D eigenvalue weighted by Gasteiger charge is 2.36. The molecule has 1 atom stereocenters. The zero-order valence-corrected chi connectivity index (χ0v) is 16.8. The summed E-state index contributed by atoms with van der Waals surface area (Å²) in [4.78, 5) is 12.3. The van der Waals surface area contributed by atoms with Crippen LogP contribution in [0.25, 0.3) is 0 Å². The lowest BCUT2D eigenvalue weighted by Crippen LogP contribution is -2.40. The Hall–Kier alpha value is -1.13. The smallest absolute Gasteiger partial charge is 0.251 e. The molecule has 1 amide bonds. The van der Waals surface area contributed by atoms with Crippen LogP contribution in [0.5, 0.6) is 0 Å². The fourth-order valence-corrected chi connectivity index (χ4v) is 3.16. The van der Waals surface area contributed by atoms with Crippen LogP contribution in [0.1, 0.15) is 67.8 Å². The Morgan fingerprint density at radius 1 is 1.21 bits per heavy atom. The lowest BCUT2D eigenvalue weighted by molar-refractivity contribution is 0.0937. The Morgan fingerprint density at radius 2 is 1.88 bits per heavy atom. The van der Waals surface area contributed by atoms with Crippen LogP contribution >= 0.6 is 0 Å². The second-order valence-corrected chi connectivity index (χ2v) is 12.7. The van der Waals surface area contributed by atoms with Crippen LogP contribution in [-0.4, -0.2) is 26.9 Å². The molecule has 3 nitrogen and oxygen atoms in total. The van der Waals surface area contributed by atoms with Crippen LogP contribution in [0.2, 0.25) is 18.1 Å². The topological polar surface area (TPSA) is 38.3 Å². The first kappa shape index (κ1) is 16.3. The number of nitrogens with one attached hydrogen (secondary N) is 1. The molecule has 0 saturated heterocycles. The maximum Gasteiger partial charge on any atom is 0.251 e. The van der Waals surface area contributed by atoms with Crippen molar-refractivity contribution >= 4 is 14.2 Å². The number of rotatable bonds is 9. The second kappa shape index (κ2) is 9.38. The maximum absolute atomic E-state index is 12.3. The van der Waals surface area contributed by atoms with E-state index in [9.17, 15) is 4.79 Å². The molecule has 1 aromatic rings. The van der Waals surface area contributed by atoms with Crippen LogP contribution in [-0.2, 0) is 4.43 Å². The summed E-state index contributed by atoms with van der Waals surface area (Å²) in [5.74, 6) is -0.335. The molecule has 0 aliphatic heterocycles. The minimum Gasteiger partial charge on any atom is -0.417 e. The summed E-state index contributed by atoms with van der Waals surface area (Å²) in [5.41, 5.74) is 0.481. The van der Waals surface area contributed by atoms with Crippen molar-refractivity contribution in [2.75, 3.05) is 6.61 Å². The summed E-state index contributed by atoms with van der Waals surface area (Å²) >= 11 is 0. The van der Waals surface area contributed by atoms with Crippen molar-refractivity contribution < 1.29 is 13.3 Å². The molecule has 0 aliphatic carbocycles. The second-order valence-electron chi connectivity index (χ2n) is 7.85. The Morgan fingerprint density at radius 3 is 2.46 bits per heavy atom. The van der Waals surface area contributed by atoms with Crippen molar-refractivity contribution in [1.29, 1.82) is 0 Å². The van der Waals surface area contributed by atoms with E-state index >= 15 is 0 Å². The van der Waals surface area contributed by atoms with Crippen molar-refractivity contribution in [3.8, 4) is 0 Å². The Balaban J connectivity index is 2.43. The molecule has 0 bridgehead atoms. The number of unbranched alkanes of at least 4 members (excludes halogenated alkanes) is 2. The van der Waals surface area contributed by atoms with E-state index in [1.807, 2.05) is 6.07 Å². The van der Waals surface area contributed by atoms with E-state index in [2.05, 4.69) is 39.2 Å². The van der Waals surface area contributed by atoms with Gasteiger partial charge in [0.1, 0.15) is 0 Å². The summed E-state index contributed by atoms with van der Waals surface area (Å²) in [6, 6.07) is 7.90. The Labute approximate surface area is 153 Å². The molecule has 1 rings (SSSR count). The van der Waals surface area contributed by atoms with Gasteiger partial charge in [0.15, 0.2) is 8.32 Å². The molecule has 4 heteroatoms. The first-order valence-electron chi connectivity index (χ1n) is 10.3. The van der Waals surface area contributed by atoms with Gasteiger partial charge < -0.3 is 9.74 Å². The fraction of sp³-hybridized carbons (Fsp3) is 0.650. The van der Waals surface area contributed by atoms with Gasteiger partial charge in [-0.15, -0.1) is 0 Å². The van der Waals surface area contributed by atoms with Crippen molar-refractivity contribution in [3.63, 3.8) is 0 Å². The van der Waals surface area contributed by atoms with Crippen molar-refractivity contribution in [3.05, 3.63) is 35.9 Å². The molecule has 0 unspecified atom stereocenters. The molecule has 0 heterocycles. The van der Waals surface area contributed by atoms with E-state index in [4.69, 9.17) is 8.54 Å². The van der Waals surface area contributed by atoms with Crippen LogP contribution in [0.15, 0.2) is 30.3 Å². The normalized spacial score (nSPS) is 16.0. The first-order valence-corrected chi connectivity index (χ1v) is 11.8. The molecule has 0 saturated carbocycles. The van der Waals surface area contributed by atoms with Gasteiger partial charge in [0.05, 0.1) is 0 Å². The summed E-state index contributed by atoms with van der Waals surface area (Å²) in [6.45, 7) is 9.63. The molecule has 0 radical (unpaired) electrons. The highest BCUT2D eigenvalue weighted by Crippen LogP contribution is 2.36. The largest absolute Gasteiger partial charge is 0.417 e. The van der Waals surface area contributed by atoms with Crippen molar-refractivity contribution in [2.24, 2.45) is 0 Å². The molecule has 0 aromatic heterocycles. The van der Waals surface area contributed by atoms with Gasteiger partial charge in [0, 0.05) is 22.3 Å². The molecule has 136 valence electrons. The highest BCUT2D eigenvalue weighted by molar-refractivity contribution is 6.74.